The number of aromatic nitrogens is 1. The first kappa shape index (κ1) is 23.9. The van der Waals surface area contributed by atoms with Crippen molar-refractivity contribution in [2.45, 2.75) is 26.2 Å². The predicted octanol–water partition coefficient (Wildman–Crippen LogP) is 7.16. The molecule has 4 rings (SSSR count). The van der Waals surface area contributed by atoms with Gasteiger partial charge >= 0.3 is 6.09 Å². The maximum absolute atomic E-state index is 12.1. The summed E-state index contributed by atoms with van der Waals surface area (Å²) in [5, 5.41) is 10.7. The molecule has 7 nitrogen and oxygen atoms in total. The van der Waals surface area contributed by atoms with Crippen LogP contribution in [0.4, 0.5) is 16.2 Å². The molecule has 0 radical (unpaired) electrons. The van der Waals surface area contributed by atoms with E-state index in [1.807, 2.05) is 30.3 Å². The number of ether oxygens (including phenoxy) is 3. The molecular weight excluding hydrogens is 444 g/mol. The molecular formula is C28H28N2O5. The van der Waals surface area contributed by atoms with Crippen molar-refractivity contribution >= 4 is 28.4 Å². The number of hydrogen-bond acceptors (Lipinski definition) is 5. The normalized spacial score (nSPS) is 11.2. The van der Waals surface area contributed by atoms with Crippen LogP contribution in [-0.2, 0) is 5.41 Å². The largest absolute Gasteiger partial charge is 0.493 e. The van der Waals surface area contributed by atoms with E-state index < -0.39 is 6.09 Å². The number of hydrogen-bond donors (Lipinski definition) is 1. The predicted molar refractivity (Wildman–Crippen MR) is 137 cm³/mol. The van der Waals surface area contributed by atoms with Gasteiger partial charge in [-0.2, -0.15) is 0 Å². The van der Waals surface area contributed by atoms with E-state index in [1.54, 1.807) is 56.8 Å². The van der Waals surface area contributed by atoms with Crippen molar-refractivity contribution < 1.29 is 24.1 Å². The quantitative estimate of drug-likeness (QED) is 0.321. The Morgan fingerprint density at radius 1 is 0.829 bits per heavy atom. The van der Waals surface area contributed by atoms with E-state index in [9.17, 15) is 9.90 Å². The number of benzene rings is 3. The Labute approximate surface area is 204 Å². The van der Waals surface area contributed by atoms with Gasteiger partial charge in [-0.25, -0.2) is 9.69 Å². The van der Waals surface area contributed by atoms with Gasteiger partial charge in [0.25, 0.3) is 0 Å². The van der Waals surface area contributed by atoms with Crippen LogP contribution in [0.2, 0.25) is 0 Å². The van der Waals surface area contributed by atoms with Crippen molar-refractivity contribution in [1.29, 1.82) is 0 Å². The lowest BCUT2D eigenvalue weighted by Crippen LogP contribution is -2.23. The second kappa shape index (κ2) is 9.54. The minimum atomic E-state index is -1.07. The number of carboxylic acid groups (broad SMARTS) is 1. The van der Waals surface area contributed by atoms with E-state index in [0.717, 1.165) is 10.9 Å². The summed E-state index contributed by atoms with van der Waals surface area (Å²) >= 11 is 0. The fourth-order valence-corrected chi connectivity index (χ4v) is 3.81. The lowest BCUT2D eigenvalue weighted by Gasteiger charge is -2.23. The molecule has 7 heteroatoms. The third kappa shape index (κ3) is 4.99. The molecule has 0 unspecified atom stereocenters. The zero-order chi connectivity index (χ0) is 25.2. The van der Waals surface area contributed by atoms with Crippen LogP contribution in [0.1, 0.15) is 26.3 Å². The minimum Gasteiger partial charge on any atom is -0.493 e. The van der Waals surface area contributed by atoms with E-state index in [-0.39, 0.29) is 5.41 Å². The van der Waals surface area contributed by atoms with E-state index in [0.29, 0.717) is 39.9 Å². The van der Waals surface area contributed by atoms with Gasteiger partial charge in [0.1, 0.15) is 11.5 Å². The molecule has 35 heavy (non-hydrogen) atoms. The van der Waals surface area contributed by atoms with Gasteiger partial charge in [-0.1, -0.05) is 32.9 Å². The minimum absolute atomic E-state index is 0.0160. The first-order chi connectivity index (χ1) is 16.7. The van der Waals surface area contributed by atoms with Crippen molar-refractivity contribution in [3.05, 3.63) is 78.5 Å². The van der Waals surface area contributed by atoms with Crippen molar-refractivity contribution in [3.63, 3.8) is 0 Å². The third-order valence-corrected chi connectivity index (χ3v) is 5.71. The van der Waals surface area contributed by atoms with Crippen LogP contribution >= 0.6 is 0 Å². The smallest absolute Gasteiger partial charge is 0.416 e. The zero-order valence-electron chi connectivity index (χ0n) is 20.4. The second-order valence-corrected chi connectivity index (χ2v) is 9.04. The van der Waals surface area contributed by atoms with Crippen LogP contribution in [0.25, 0.3) is 10.9 Å². The third-order valence-electron chi connectivity index (χ3n) is 5.71. The Hall–Kier alpha value is -4.26. The fourth-order valence-electron chi connectivity index (χ4n) is 3.81. The number of anilines is 2. The Bertz CT molecular complexity index is 1340. The van der Waals surface area contributed by atoms with Gasteiger partial charge in [0.15, 0.2) is 11.5 Å². The van der Waals surface area contributed by atoms with Crippen LogP contribution in [0.3, 0.4) is 0 Å². The SMILES string of the molecule is COc1cc2nccc(Oc3ccc(N(C(=O)O)c4ccc(C(C)(C)C)cc4)cc3)c2cc1OC. The van der Waals surface area contributed by atoms with E-state index in [1.165, 1.54) is 4.90 Å². The number of nitrogens with zero attached hydrogens (tertiary/aromatic N) is 2. The molecule has 1 N–H and O–H groups in total. The van der Waals surface area contributed by atoms with E-state index in [2.05, 4.69) is 25.8 Å². The number of amides is 1. The number of rotatable bonds is 6. The van der Waals surface area contributed by atoms with Gasteiger partial charge in [0, 0.05) is 17.6 Å². The van der Waals surface area contributed by atoms with Crippen molar-refractivity contribution in [3.8, 4) is 23.0 Å². The average molecular weight is 473 g/mol. The van der Waals surface area contributed by atoms with E-state index >= 15 is 0 Å². The molecule has 1 amide bonds. The molecule has 1 heterocycles. The number of carbonyl (C=O) groups is 1. The van der Waals surface area contributed by atoms with Crippen LogP contribution < -0.4 is 19.1 Å². The van der Waals surface area contributed by atoms with Gasteiger partial charge < -0.3 is 19.3 Å². The molecule has 180 valence electrons. The summed E-state index contributed by atoms with van der Waals surface area (Å²) in [6.45, 7) is 6.36. The highest BCUT2D eigenvalue weighted by atomic mass is 16.5. The Kier molecular flexibility index (Phi) is 6.51. The zero-order valence-corrected chi connectivity index (χ0v) is 20.4. The van der Waals surface area contributed by atoms with Crippen LogP contribution in [0.5, 0.6) is 23.0 Å². The maximum Gasteiger partial charge on any atom is 0.416 e. The maximum atomic E-state index is 12.1. The summed E-state index contributed by atoms with van der Waals surface area (Å²) in [6, 6.07) is 19.8. The van der Waals surface area contributed by atoms with Crippen molar-refractivity contribution in [2.24, 2.45) is 0 Å². The average Bonchev–Trinajstić information content (AvgIpc) is 2.84. The molecule has 0 fully saturated rings. The summed E-state index contributed by atoms with van der Waals surface area (Å²) in [5.74, 6) is 2.31. The van der Waals surface area contributed by atoms with Crippen LogP contribution in [-0.4, -0.2) is 30.4 Å². The topological polar surface area (TPSA) is 81.1 Å². The van der Waals surface area contributed by atoms with Crippen LogP contribution in [0, 0.1) is 0 Å². The molecule has 4 aromatic rings. The standard InChI is InChI=1S/C28H28N2O5/c1-28(2,3)18-6-8-19(9-7-18)30(27(31)32)20-10-12-21(13-11-20)35-24-14-15-29-23-17-26(34-5)25(33-4)16-22(23)24/h6-17H,1-5H3,(H,31,32). The molecule has 0 aliphatic rings. The lowest BCUT2D eigenvalue weighted by atomic mass is 9.87. The van der Waals surface area contributed by atoms with Crippen LogP contribution in [0.15, 0.2) is 72.9 Å². The monoisotopic (exact) mass is 472 g/mol. The molecule has 0 bridgehead atoms. The molecule has 0 saturated heterocycles. The highest BCUT2D eigenvalue weighted by Gasteiger charge is 2.19. The summed E-state index contributed by atoms with van der Waals surface area (Å²) in [7, 11) is 3.15. The summed E-state index contributed by atoms with van der Waals surface area (Å²) in [5.41, 5.74) is 2.90. The van der Waals surface area contributed by atoms with E-state index in [4.69, 9.17) is 14.2 Å². The highest BCUT2D eigenvalue weighted by Crippen LogP contribution is 2.37. The second-order valence-electron chi connectivity index (χ2n) is 9.04. The van der Waals surface area contributed by atoms with Gasteiger partial charge in [-0.15, -0.1) is 0 Å². The number of pyridine rings is 1. The first-order valence-electron chi connectivity index (χ1n) is 11.1. The van der Waals surface area contributed by atoms with Gasteiger partial charge in [-0.3, -0.25) is 4.98 Å². The molecule has 0 saturated carbocycles. The van der Waals surface area contributed by atoms with Crippen molar-refractivity contribution in [1.82, 2.24) is 4.98 Å². The molecule has 3 aromatic carbocycles. The highest BCUT2D eigenvalue weighted by molar-refractivity contribution is 5.95. The van der Waals surface area contributed by atoms with Gasteiger partial charge in [-0.05, 0) is 59.5 Å². The summed E-state index contributed by atoms with van der Waals surface area (Å²) in [6.07, 6.45) is 0.592. The summed E-state index contributed by atoms with van der Waals surface area (Å²) < 4.78 is 16.9. The lowest BCUT2D eigenvalue weighted by molar-refractivity contribution is 0.205. The molecule has 0 spiro atoms. The Morgan fingerprint density at radius 3 is 1.94 bits per heavy atom. The van der Waals surface area contributed by atoms with Gasteiger partial charge in [0.2, 0.25) is 0 Å². The molecule has 0 aliphatic carbocycles. The molecule has 0 atom stereocenters. The first-order valence-corrected chi connectivity index (χ1v) is 11.1. The van der Waals surface area contributed by atoms with Gasteiger partial charge in [0.05, 0.1) is 31.1 Å². The molecule has 0 aliphatic heterocycles. The molecule has 1 aromatic heterocycles. The summed E-state index contributed by atoms with van der Waals surface area (Å²) in [4.78, 5) is 17.7. The Balaban J connectivity index is 1.62. The number of fused-ring (bicyclic) bond motifs is 1. The number of methoxy groups -OCH3 is 2. The fraction of sp³-hybridized carbons (Fsp3) is 0.214. The van der Waals surface area contributed by atoms with Crippen molar-refractivity contribution in [2.75, 3.05) is 19.1 Å². The Morgan fingerprint density at radius 2 is 1.40 bits per heavy atom.